The molecule has 0 bridgehead atoms. The van der Waals surface area contributed by atoms with Crippen molar-refractivity contribution in [3.8, 4) is 0 Å². The molecule has 0 aromatic carbocycles. The second kappa shape index (κ2) is 19.9. The Morgan fingerprint density at radius 3 is 1.14 bits per heavy atom. The number of rotatable bonds is 5. The van der Waals surface area contributed by atoms with Gasteiger partial charge in [-0.15, -0.1) is 0 Å². The molecule has 1 N–H and O–H groups in total. The fourth-order valence-corrected chi connectivity index (χ4v) is 0.979. The minimum Gasteiger partial charge on any atom is -0.550 e. The molecule has 136 valence electrons. The van der Waals surface area contributed by atoms with Crippen LogP contribution in [0.1, 0.15) is 47.5 Å². The van der Waals surface area contributed by atoms with Crippen molar-refractivity contribution in [2.75, 3.05) is 47.8 Å². The quantitative estimate of drug-likeness (QED) is 0.627. The summed E-state index contributed by atoms with van der Waals surface area (Å²) in [6.45, 7) is 12.5. The van der Waals surface area contributed by atoms with Gasteiger partial charge < -0.3 is 29.2 Å². The smallest absolute Gasteiger partial charge is 0.0766 e. The van der Waals surface area contributed by atoms with Gasteiger partial charge in [-0.2, -0.15) is 0 Å². The van der Waals surface area contributed by atoms with E-state index in [1.807, 2.05) is 0 Å². The van der Waals surface area contributed by atoms with E-state index in [4.69, 9.17) is 19.8 Å². The van der Waals surface area contributed by atoms with Crippen LogP contribution in [-0.2, 0) is 9.59 Å². The maximum absolute atomic E-state index is 8.89. The molecular weight excluding hydrogens is 284 g/mol. The van der Waals surface area contributed by atoms with Crippen molar-refractivity contribution in [2.24, 2.45) is 0 Å². The second-order valence-electron chi connectivity index (χ2n) is 6.05. The SMILES string of the molecule is CC(=O)[O-].CC(=O)[O-].CCC[NH+](C)CCC.CC[N+](C)(C)C. The molecule has 0 amide bonds. The van der Waals surface area contributed by atoms with Gasteiger partial charge in [-0.05, 0) is 33.6 Å². The third-order valence-corrected chi connectivity index (χ3v) is 2.30. The highest BCUT2D eigenvalue weighted by atomic mass is 16.4. The number of carboxylic acids is 2. The van der Waals surface area contributed by atoms with Crippen molar-refractivity contribution in [3.05, 3.63) is 0 Å². The van der Waals surface area contributed by atoms with E-state index < -0.39 is 11.9 Å². The Bertz CT molecular complexity index is 225. The number of carbonyl (C=O) groups excluding carboxylic acids is 2. The van der Waals surface area contributed by atoms with Gasteiger partial charge in [0.25, 0.3) is 0 Å². The molecule has 0 radical (unpaired) electrons. The Kier molecular flexibility index (Phi) is 26.1. The van der Waals surface area contributed by atoms with E-state index in [1.165, 1.54) is 32.5 Å². The summed E-state index contributed by atoms with van der Waals surface area (Å²) in [7, 11) is 8.80. The van der Waals surface area contributed by atoms with Gasteiger partial charge in [-0.3, -0.25) is 0 Å². The first-order chi connectivity index (χ1) is 9.83. The predicted octanol–water partition coefficient (Wildman–Crippen LogP) is -1.45. The number of hydrogen-bond donors (Lipinski definition) is 1. The highest BCUT2D eigenvalue weighted by Gasteiger charge is 1.97. The summed E-state index contributed by atoms with van der Waals surface area (Å²) in [6, 6.07) is 0. The molecule has 0 rings (SSSR count). The Hall–Kier alpha value is -1.14. The summed E-state index contributed by atoms with van der Waals surface area (Å²) in [4.78, 5) is 19.4. The Balaban J connectivity index is -0.000000103. The summed E-state index contributed by atoms with van der Waals surface area (Å²) in [6.07, 6.45) is 2.62. The molecule has 0 aromatic heterocycles. The van der Waals surface area contributed by atoms with Gasteiger partial charge in [-0.1, -0.05) is 13.8 Å². The number of quaternary nitrogens is 2. The van der Waals surface area contributed by atoms with Gasteiger partial charge in [0.15, 0.2) is 0 Å². The van der Waals surface area contributed by atoms with Crippen LogP contribution in [0.5, 0.6) is 0 Å². The van der Waals surface area contributed by atoms with Gasteiger partial charge in [0.1, 0.15) is 0 Å². The third-order valence-electron chi connectivity index (χ3n) is 2.30. The van der Waals surface area contributed by atoms with Crippen molar-refractivity contribution in [1.82, 2.24) is 0 Å². The molecule has 0 heterocycles. The number of carboxylic acid groups (broad SMARTS) is 2. The molecule has 0 aliphatic heterocycles. The maximum atomic E-state index is 8.89. The summed E-state index contributed by atoms with van der Waals surface area (Å²) in [5.74, 6) is -2.17. The summed E-state index contributed by atoms with van der Waals surface area (Å²) in [5.41, 5.74) is 0. The fourth-order valence-electron chi connectivity index (χ4n) is 0.979. The minimum atomic E-state index is -1.08. The number of aliphatic carboxylic acids is 2. The van der Waals surface area contributed by atoms with Gasteiger partial charge in [-0.25, -0.2) is 0 Å². The number of hydrogen-bond acceptors (Lipinski definition) is 4. The molecule has 0 aliphatic rings. The second-order valence-corrected chi connectivity index (χ2v) is 6.05. The lowest BCUT2D eigenvalue weighted by atomic mass is 10.4. The van der Waals surface area contributed by atoms with Crippen LogP contribution in [0.15, 0.2) is 0 Å². The van der Waals surface area contributed by atoms with Crippen molar-refractivity contribution in [1.29, 1.82) is 0 Å². The van der Waals surface area contributed by atoms with Crippen LogP contribution in [0.25, 0.3) is 0 Å². The average Bonchev–Trinajstić information content (AvgIpc) is 2.28. The molecule has 0 spiro atoms. The van der Waals surface area contributed by atoms with Gasteiger partial charge >= 0.3 is 0 Å². The zero-order valence-corrected chi connectivity index (χ0v) is 16.1. The van der Waals surface area contributed by atoms with Crippen molar-refractivity contribution < 1.29 is 29.2 Å². The standard InChI is InChI=1S/C7H17N.C5H14N.2C2H4O2/c1-4-6-8(3)7-5-2;1-5-6(2,3)4;2*1-2(3)4/h4-7H2,1-3H3;5H2,1-4H3;2*1H3,(H,3,4)/q;+1;;/p-1. The molecule has 22 heavy (non-hydrogen) atoms. The molecular formula is C16H38N2O4. The van der Waals surface area contributed by atoms with Crippen LogP contribution in [-0.4, -0.2) is 64.2 Å². The van der Waals surface area contributed by atoms with Gasteiger partial charge in [0, 0.05) is 11.9 Å². The van der Waals surface area contributed by atoms with Crippen LogP contribution in [0, 0.1) is 0 Å². The number of nitrogens with zero attached hydrogens (tertiary/aromatic N) is 1. The fraction of sp³-hybridized carbons (Fsp3) is 0.875. The molecule has 6 nitrogen and oxygen atoms in total. The zero-order chi connectivity index (χ0) is 18.8. The van der Waals surface area contributed by atoms with Crippen molar-refractivity contribution >= 4 is 11.9 Å². The highest BCUT2D eigenvalue weighted by molar-refractivity contribution is 5.60. The monoisotopic (exact) mass is 322 g/mol. The van der Waals surface area contributed by atoms with E-state index >= 15 is 0 Å². The van der Waals surface area contributed by atoms with Crippen LogP contribution in [0.3, 0.4) is 0 Å². The maximum Gasteiger partial charge on any atom is 0.0766 e. The predicted molar refractivity (Wildman–Crippen MR) is 87.1 cm³/mol. The molecule has 0 saturated carbocycles. The number of nitrogens with one attached hydrogen (secondary N) is 1. The molecule has 0 unspecified atom stereocenters. The van der Waals surface area contributed by atoms with Crippen LogP contribution in [0.4, 0.5) is 0 Å². The molecule has 0 saturated heterocycles. The molecule has 0 aromatic rings. The lowest BCUT2D eigenvalue weighted by Crippen LogP contribution is -3.08. The van der Waals surface area contributed by atoms with Gasteiger partial charge in [0.05, 0.1) is 47.8 Å². The first kappa shape index (κ1) is 28.9. The Morgan fingerprint density at radius 2 is 1.05 bits per heavy atom. The van der Waals surface area contributed by atoms with E-state index in [0.29, 0.717) is 0 Å². The molecule has 6 heteroatoms. The van der Waals surface area contributed by atoms with Crippen LogP contribution < -0.4 is 15.1 Å². The Labute approximate surface area is 137 Å². The minimum absolute atomic E-state index is 0.972. The van der Waals surface area contributed by atoms with E-state index in [1.54, 1.807) is 4.90 Å². The third kappa shape index (κ3) is 97.4. The molecule has 0 atom stereocenters. The van der Waals surface area contributed by atoms with E-state index in [-0.39, 0.29) is 0 Å². The highest BCUT2D eigenvalue weighted by Crippen LogP contribution is 1.83. The molecule has 0 fully saturated rings. The lowest BCUT2D eigenvalue weighted by Gasteiger charge is -2.20. The first-order valence-electron chi connectivity index (χ1n) is 7.80. The summed E-state index contributed by atoms with van der Waals surface area (Å²) >= 11 is 0. The topological polar surface area (TPSA) is 84.7 Å². The van der Waals surface area contributed by atoms with Crippen molar-refractivity contribution in [2.45, 2.75) is 47.5 Å². The van der Waals surface area contributed by atoms with E-state index in [2.05, 4.69) is 49.0 Å². The number of carbonyl (C=O) groups is 2. The zero-order valence-electron chi connectivity index (χ0n) is 16.1. The summed E-state index contributed by atoms with van der Waals surface area (Å²) < 4.78 is 1.07. The van der Waals surface area contributed by atoms with Crippen LogP contribution >= 0.6 is 0 Å². The normalized spacial score (nSPS) is 9.36. The largest absolute Gasteiger partial charge is 0.550 e. The lowest BCUT2D eigenvalue weighted by molar-refractivity contribution is -0.879. The van der Waals surface area contributed by atoms with E-state index in [9.17, 15) is 0 Å². The summed E-state index contributed by atoms with van der Waals surface area (Å²) in [5, 5.41) is 17.8. The van der Waals surface area contributed by atoms with E-state index in [0.717, 1.165) is 18.3 Å². The van der Waals surface area contributed by atoms with Crippen LogP contribution in [0.2, 0.25) is 0 Å². The Morgan fingerprint density at radius 1 is 0.864 bits per heavy atom. The molecule has 0 aliphatic carbocycles. The average molecular weight is 322 g/mol. The first-order valence-corrected chi connectivity index (χ1v) is 7.80. The van der Waals surface area contributed by atoms with Crippen molar-refractivity contribution in [3.63, 3.8) is 0 Å². The van der Waals surface area contributed by atoms with Gasteiger partial charge in [0.2, 0.25) is 0 Å².